The van der Waals surface area contributed by atoms with E-state index in [9.17, 15) is 41.2 Å². The van der Waals surface area contributed by atoms with Crippen molar-refractivity contribution < 1.29 is 19.1 Å². The molecule has 17 heteroatoms. The molecular weight excluding hydrogens is 1100 g/mol. The fraction of sp³-hybridized carbons (Fsp3) is 0.102. The van der Waals surface area contributed by atoms with Crippen LogP contribution in [0.2, 0.25) is 0 Å². The van der Waals surface area contributed by atoms with Crippen LogP contribution in [-0.4, -0.2) is 40.7 Å². The molecule has 0 saturated carbocycles. The number of nitriles is 6. The van der Waals surface area contributed by atoms with Crippen LogP contribution in [0.25, 0.3) is 52.6 Å². The Morgan fingerprint density at radius 2 is 1.03 bits per heavy atom. The van der Waals surface area contributed by atoms with Crippen LogP contribution in [0.3, 0.4) is 0 Å². The number of ketones is 2. The zero-order valence-corrected chi connectivity index (χ0v) is 42.5. The summed E-state index contributed by atoms with van der Waals surface area (Å²) >= 11 is 12.9. The second-order valence-corrected chi connectivity index (χ2v) is 24.5. The van der Waals surface area contributed by atoms with Gasteiger partial charge >= 0.3 is 345 Å². The van der Waals surface area contributed by atoms with Crippen molar-refractivity contribution in [3.05, 3.63) is 128 Å². The van der Waals surface area contributed by atoms with Gasteiger partial charge in [-0.1, -0.05) is 0 Å². The van der Waals surface area contributed by atoms with Gasteiger partial charge in [-0.05, 0) is 31.9 Å². The SMILES string of the molecule is COc1cc(/C=C2\C(=O)c3cc(Br)c(C#N)cc3C2=C(C#N)C#N)sc1-c1cc2c(s1)-c1sc(-c3sc(/C=C4\C(=O)c5cc(Br)c(C#N)cc5C4=C(C#N)C#N)cc3OC)cc1C(C)(C)[Se]2. The molecule has 66 heavy (non-hydrogen) atoms. The van der Waals surface area contributed by atoms with Crippen molar-refractivity contribution in [1.82, 2.24) is 0 Å². The van der Waals surface area contributed by atoms with Gasteiger partial charge in [0.2, 0.25) is 0 Å². The van der Waals surface area contributed by atoms with Crippen LogP contribution in [0.5, 0.6) is 11.5 Å². The number of carbonyl (C=O) groups excluding carboxylic acids is 2. The number of thiophene rings is 4. The fourth-order valence-electron chi connectivity index (χ4n) is 8.03. The minimum absolute atomic E-state index is 0.0241. The van der Waals surface area contributed by atoms with E-state index in [1.807, 2.05) is 36.4 Å². The third-order valence-electron chi connectivity index (χ3n) is 11.0. The molecule has 0 fully saturated rings. The Bertz CT molecular complexity index is 3640. The van der Waals surface area contributed by atoms with Gasteiger partial charge in [0.25, 0.3) is 0 Å². The van der Waals surface area contributed by atoms with E-state index < -0.39 is 0 Å². The molecule has 2 aromatic carbocycles. The minimum atomic E-state index is -0.361. The molecule has 2 aliphatic carbocycles. The molecule has 6 aromatic rings. The average Bonchev–Trinajstić information content (AvgIpc) is 4.17. The molecule has 0 spiro atoms. The zero-order valence-electron chi connectivity index (χ0n) is 34.4. The summed E-state index contributed by atoms with van der Waals surface area (Å²) in [5.74, 6) is 0.487. The number of fused-ring (bicyclic) bond motifs is 5. The normalized spacial score (nSPS) is 15.2. The standard InChI is InChI=1S/C49H22Br2N6O4S4Se/c1-49(2)33-13-38(46-36(60-3)9-25(62-46)7-31-41(23(17-54)18-55)27-5-21(15-52)34(50)11-29(27)43(31)58)64-45(33)48-40(66-49)14-39(65-48)47-37(61-4)10-26(63-47)8-32-42(24(19-56)20-57)28-6-22(16-53)35(51)12-30(28)44(32)59/h5-14H,1-4H3/b31-7-,32-8-. The first-order valence-electron chi connectivity index (χ1n) is 19.2. The Balaban J connectivity index is 1.10. The number of benzene rings is 2. The topological polar surface area (TPSA) is 195 Å². The Morgan fingerprint density at radius 3 is 1.45 bits per heavy atom. The second kappa shape index (κ2) is 17.1. The third kappa shape index (κ3) is 7.14. The first-order valence-corrected chi connectivity index (χ1v) is 25.7. The summed E-state index contributed by atoms with van der Waals surface area (Å²) in [6.07, 6.45) is 3.36. The molecule has 9 rings (SSSR count). The van der Waals surface area contributed by atoms with Gasteiger partial charge in [-0.25, -0.2) is 0 Å². The van der Waals surface area contributed by atoms with Crippen molar-refractivity contribution >= 4 is 131 Å². The molecule has 0 amide bonds. The fourth-order valence-corrected chi connectivity index (χ4v) is 17.2. The molecule has 4 aromatic heterocycles. The number of hydrogen-bond acceptors (Lipinski definition) is 14. The van der Waals surface area contributed by atoms with Crippen LogP contribution in [-0.2, 0) is 4.31 Å². The van der Waals surface area contributed by atoms with Crippen LogP contribution in [0.15, 0.2) is 79.8 Å². The zero-order chi connectivity index (χ0) is 46.9. The molecule has 0 bridgehead atoms. The summed E-state index contributed by atoms with van der Waals surface area (Å²) in [6.45, 7) is 4.48. The molecule has 0 saturated heterocycles. The van der Waals surface area contributed by atoms with Crippen molar-refractivity contribution in [2.45, 2.75) is 18.2 Å². The maximum atomic E-state index is 13.9. The number of halogens is 2. The summed E-state index contributed by atoms with van der Waals surface area (Å²) in [5, 5.41) is 59.1. The Labute approximate surface area is 416 Å². The molecule has 10 nitrogen and oxygen atoms in total. The van der Waals surface area contributed by atoms with Gasteiger partial charge in [0.15, 0.2) is 0 Å². The van der Waals surface area contributed by atoms with Crippen LogP contribution < -0.4 is 13.9 Å². The summed E-state index contributed by atoms with van der Waals surface area (Å²) < 4.78 is 13.8. The van der Waals surface area contributed by atoms with Crippen LogP contribution in [0.4, 0.5) is 0 Å². The van der Waals surface area contributed by atoms with Gasteiger partial charge in [0.05, 0.1) is 5.56 Å². The van der Waals surface area contributed by atoms with Crippen molar-refractivity contribution in [2.24, 2.45) is 0 Å². The maximum absolute atomic E-state index is 13.9. The van der Waals surface area contributed by atoms with Gasteiger partial charge < -0.3 is 0 Å². The van der Waals surface area contributed by atoms with Crippen LogP contribution in [0, 0.1) is 68.0 Å². The first kappa shape index (κ1) is 44.7. The number of rotatable bonds is 6. The summed E-state index contributed by atoms with van der Waals surface area (Å²) in [7, 11) is 3.18. The van der Waals surface area contributed by atoms with E-state index in [2.05, 4.69) is 70.0 Å². The molecule has 1 aliphatic heterocycles. The Morgan fingerprint density at radius 1 is 0.591 bits per heavy atom. The molecular formula is C49H22Br2N6O4S4Se. The number of hydrogen-bond donors (Lipinski definition) is 0. The monoisotopic (exact) mass is 1120 g/mol. The molecule has 0 atom stereocenters. The number of carbonyl (C=O) groups is 2. The van der Waals surface area contributed by atoms with E-state index >= 15 is 0 Å². The van der Waals surface area contributed by atoms with E-state index in [0.29, 0.717) is 52.5 Å². The summed E-state index contributed by atoms with van der Waals surface area (Å²) in [4.78, 5) is 35.1. The van der Waals surface area contributed by atoms with Gasteiger partial charge in [-0.3, -0.25) is 0 Å². The number of allylic oxidation sites excluding steroid dienone is 6. The molecule has 0 unspecified atom stereocenters. The number of methoxy groups -OCH3 is 2. The summed E-state index contributed by atoms with van der Waals surface area (Å²) in [5.41, 5.74) is 3.34. The predicted octanol–water partition coefficient (Wildman–Crippen LogP) is 12.0. The summed E-state index contributed by atoms with van der Waals surface area (Å²) in [6, 6.07) is 26.2. The van der Waals surface area contributed by atoms with Crippen LogP contribution in [0.1, 0.15) is 72.1 Å². The first-order chi connectivity index (χ1) is 31.7. The number of Topliss-reactive ketones (excluding diaryl/α,β-unsaturated/α-hetero) is 2. The van der Waals surface area contributed by atoms with Crippen LogP contribution >= 0.6 is 77.2 Å². The van der Waals surface area contributed by atoms with E-state index in [4.69, 9.17) is 9.47 Å². The van der Waals surface area contributed by atoms with E-state index in [0.717, 1.165) is 29.3 Å². The van der Waals surface area contributed by atoms with E-state index in [-0.39, 0.29) is 75.4 Å². The van der Waals surface area contributed by atoms with Crippen molar-refractivity contribution in [3.63, 3.8) is 0 Å². The quantitative estimate of drug-likeness (QED) is 0.0879. The second-order valence-electron chi connectivity index (χ2n) is 15.1. The van der Waals surface area contributed by atoms with Crippen molar-refractivity contribution in [1.29, 1.82) is 31.6 Å². The molecule has 3 aliphatic rings. The predicted molar refractivity (Wildman–Crippen MR) is 264 cm³/mol. The van der Waals surface area contributed by atoms with Gasteiger partial charge in [0.1, 0.15) is 12.1 Å². The van der Waals surface area contributed by atoms with Gasteiger partial charge in [-0.15, -0.1) is 0 Å². The molecule has 0 radical (unpaired) electrons. The van der Waals surface area contributed by atoms with Gasteiger partial charge in [0, 0.05) is 4.47 Å². The van der Waals surface area contributed by atoms with E-state index in [1.54, 1.807) is 61.2 Å². The van der Waals surface area contributed by atoms with Crippen molar-refractivity contribution in [3.8, 4) is 77.2 Å². The van der Waals surface area contributed by atoms with Gasteiger partial charge in [-0.2, -0.15) is 21.0 Å². The number of ether oxygens (including phenoxy) is 2. The molecule has 316 valence electrons. The number of nitrogens with zero attached hydrogens (tertiary/aromatic N) is 6. The third-order valence-corrected chi connectivity index (χ3v) is 20.2. The Kier molecular flexibility index (Phi) is 11.6. The molecule has 0 N–H and O–H groups in total. The molecule has 5 heterocycles. The average molecular weight is 1130 g/mol. The van der Waals surface area contributed by atoms with Crippen molar-refractivity contribution in [2.75, 3.05) is 14.2 Å². The van der Waals surface area contributed by atoms with E-state index in [1.165, 1.54) is 44.8 Å². The Hall–Kier alpha value is -6.44.